The summed E-state index contributed by atoms with van der Waals surface area (Å²) < 4.78 is 6.28. The van der Waals surface area contributed by atoms with Crippen LogP contribution in [0.25, 0.3) is 21.8 Å². The lowest BCUT2D eigenvalue weighted by Gasteiger charge is -2.51. The highest BCUT2D eigenvalue weighted by molar-refractivity contribution is 6.63. The minimum Gasteiger partial charge on any atom is -0.456 e. The number of piperidine rings is 6. The number of carbonyl (C=O) groups is 2. The van der Waals surface area contributed by atoms with Crippen molar-refractivity contribution in [1.82, 2.24) is 19.8 Å². The van der Waals surface area contributed by atoms with E-state index < -0.39 is 6.10 Å². The third-order valence-corrected chi connectivity index (χ3v) is 13.8. The first-order chi connectivity index (χ1) is 30.8. The number of hydrogen-bond donors (Lipinski definition) is 1. The second-order valence-corrected chi connectivity index (χ2v) is 17.8. The van der Waals surface area contributed by atoms with E-state index in [1.807, 2.05) is 122 Å². The average molecular weight is 862 g/mol. The predicted octanol–water partition coefficient (Wildman–Crippen LogP) is 10.1. The van der Waals surface area contributed by atoms with Crippen LogP contribution in [-0.2, 0) is 27.2 Å². The second kappa shape index (κ2) is 20.8. The van der Waals surface area contributed by atoms with E-state index in [-0.39, 0.29) is 35.8 Å². The average Bonchev–Trinajstić information content (AvgIpc) is 3.33. The van der Waals surface area contributed by atoms with Crippen LogP contribution in [0.5, 0.6) is 0 Å². The van der Waals surface area contributed by atoms with Crippen molar-refractivity contribution in [3.63, 3.8) is 0 Å². The van der Waals surface area contributed by atoms with Crippen LogP contribution in [0, 0.1) is 23.7 Å². The monoisotopic (exact) mass is 860 g/mol. The summed E-state index contributed by atoms with van der Waals surface area (Å²) in [5, 5.41) is 12.8. The fourth-order valence-corrected chi connectivity index (χ4v) is 10.6. The maximum atomic E-state index is 13.0. The molecular formula is C54H57ClN4O4. The zero-order valence-corrected chi connectivity index (χ0v) is 36.6. The summed E-state index contributed by atoms with van der Waals surface area (Å²) in [7, 11) is 0. The van der Waals surface area contributed by atoms with E-state index in [0.29, 0.717) is 30.1 Å². The molecule has 9 heteroatoms. The summed E-state index contributed by atoms with van der Waals surface area (Å²) in [6.45, 7) is 12.2. The first-order valence-electron chi connectivity index (χ1n) is 22.3. The molecule has 0 saturated carbocycles. The number of fused-ring (bicyclic) bond motifs is 8. The van der Waals surface area contributed by atoms with E-state index in [1.165, 1.54) is 12.8 Å². The highest BCUT2D eigenvalue weighted by atomic mass is 35.5. The molecule has 8 heterocycles. The zero-order valence-electron chi connectivity index (χ0n) is 35.8. The Labute approximate surface area is 376 Å². The molecule has 4 aromatic carbocycles. The van der Waals surface area contributed by atoms with Gasteiger partial charge in [0.25, 0.3) is 0 Å². The molecule has 2 aromatic heterocycles. The van der Waals surface area contributed by atoms with Gasteiger partial charge in [-0.05, 0) is 115 Å². The Morgan fingerprint density at radius 2 is 1.14 bits per heavy atom. The normalized spacial score (nSPS) is 25.4. The molecule has 0 spiro atoms. The molecule has 10 atom stereocenters. The summed E-state index contributed by atoms with van der Waals surface area (Å²) in [5.41, 5.74) is 5.89. The van der Waals surface area contributed by atoms with Crippen molar-refractivity contribution in [2.45, 2.75) is 62.8 Å². The fourth-order valence-electron chi connectivity index (χ4n) is 10.4. The van der Waals surface area contributed by atoms with Gasteiger partial charge in [0.05, 0.1) is 29.6 Å². The molecule has 6 aromatic rings. The lowest BCUT2D eigenvalue weighted by atomic mass is 9.73. The number of pyridine rings is 2. The molecule has 6 aliphatic heterocycles. The predicted molar refractivity (Wildman–Crippen MR) is 252 cm³/mol. The highest BCUT2D eigenvalue weighted by Crippen LogP contribution is 2.44. The Kier molecular flexibility index (Phi) is 14.6. The topological polar surface area (TPSA) is 95.9 Å². The summed E-state index contributed by atoms with van der Waals surface area (Å²) >= 11 is 5.17. The summed E-state index contributed by atoms with van der Waals surface area (Å²) in [5.74, 6) is 2.22. The lowest BCUT2D eigenvalue weighted by molar-refractivity contribution is -0.156. The Morgan fingerprint density at radius 3 is 1.65 bits per heavy atom. The van der Waals surface area contributed by atoms with Crippen molar-refractivity contribution < 1.29 is 19.4 Å². The van der Waals surface area contributed by atoms with Crippen LogP contribution < -0.4 is 0 Å². The third-order valence-electron chi connectivity index (χ3n) is 13.6. The molecule has 0 amide bonds. The van der Waals surface area contributed by atoms with Crippen molar-refractivity contribution >= 4 is 44.6 Å². The second-order valence-electron chi connectivity index (χ2n) is 17.4. The van der Waals surface area contributed by atoms with Gasteiger partial charge in [0.15, 0.2) is 0 Å². The van der Waals surface area contributed by atoms with Gasteiger partial charge in [-0.2, -0.15) is 0 Å². The smallest absolute Gasteiger partial charge is 0.310 e. The number of halogens is 1. The van der Waals surface area contributed by atoms with Gasteiger partial charge in [-0.1, -0.05) is 109 Å². The van der Waals surface area contributed by atoms with Gasteiger partial charge >= 0.3 is 5.97 Å². The molecule has 63 heavy (non-hydrogen) atoms. The summed E-state index contributed by atoms with van der Waals surface area (Å²) in [4.78, 5) is 37.3. The number of aliphatic hydroxyl groups is 1. The van der Waals surface area contributed by atoms with Gasteiger partial charge in [-0.15, -0.1) is 13.2 Å². The summed E-state index contributed by atoms with van der Waals surface area (Å²) in [6.07, 6.45) is 12.2. The molecular weight excluding hydrogens is 804 g/mol. The molecule has 0 radical (unpaired) electrons. The maximum Gasteiger partial charge on any atom is 0.310 e. The molecule has 6 fully saturated rings. The van der Waals surface area contributed by atoms with Crippen LogP contribution in [0.15, 0.2) is 159 Å². The maximum absolute atomic E-state index is 13.0. The van der Waals surface area contributed by atoms with Crippen LogP contribution >= 0.6 is 11.6 Å². The fraction of sp³-hybridized carbons (Fsp3) is 0.333. The Morgan fingerprint density at radius 1 is 0.667 bits per heavy atom. The van der Waals surface area contributed by atoms with E-state index in [9.17, 15) is 14.7 Å². The lowest BCUT2D eigenvalue weighted by Crippen LogP contribution is -2.55. The van der Waals surface area contributed by atoms with Crippen molar-refractivity contribution in [3.05, 3.63) is 181 Å². The van der Waals surface area contributed by atoms with Crippen LogP contribution in [0.3, 0.4) is 0 Å². The minimum atomic E-state index is -0.443. The quantitative estimate of drug-likeness (QED) is 0.0782. The van der Waals surface area contributed by atoms with E-state index >= 15 is 0 Å². The number of aliphatic hydroxyl groups excluding tert-OH is 1. The number of carbonyl (C=O) groups excluding carboxylic acids is 2. The Bertz CT molecular complexity index is 2490. The largest absolute Gasteiger partial charge is 0.456 e. The number of rotatable bonds is 11. The van der Waals surface area contributed by atoms with E-state index in [2.05, 4.69) is 57.2 Å². The van der Waals surface area contributed by atoms with Gasteiger partial charge < -0.3 is 9.84 Å². The molecule has 1 N–H and O–H groups in total. The molecule has 0 aliphatic carbocycles. The van der Waals surface area contributed by atoms with Crippen molar-refractivity contribution in [2.75, 3.05) is 26.2 Å². The highest BCUT2D eigenvalue weighted by Gasteiger charge is 2.45. The van der Waals surface area contributed by atoms with E-state index in [0.717, 1.165) is 83.1 Å². The molecule has 6 aliphatic rings. The van der Waals surface area contributed by atoms with Crippen molar-refractivity contribution in [2.24, 2.45) is 23.7 Å². The standard InChI is InChI=1S/C27H28N2O2.C19H22N2O.C8H7ClO/c1-2-20-18-29-15-13-21(20)17-25(29)27(31-26(30)16-19-8-4-3-5-9-19)23-12-14-28-24-11-7-6-10-22(23)24;1-2-13-12-21-10-8-14(13)11-18(21)19(22)16-7-9-20-17-6-4-3-5-15(16)17;9-8(10)6-7-4-2-1-3-5-7/h2-12,14,20-21,25,27H,1,13,15-18H2;2-7,9,13-14,18-19,22H,1,8,10-12H2;1-5H,6H2/t20-,21-,25-,27+;13-,14-,18-,19+;/m00./s1. The van der Waals surface area contributed by atoms with Crippen LogP contribution in [0.2, 0.25) is 0 Å². The van der Waals surface area contributed by atoms with E-state index in [1.54, 1.807) is 0 Å². The Hall–Kier alpha value is -5.51. The van der Waals surface area contributed by atoms with Crippen LogP contribution in [0.4, 0.5) is 0 Å². The molecule has 324 valence electrons. The SMILES string of the molecule is C=C[C@H]1CN2CC[C@H]1C[C@H]2[C@H](O)c1ccnc2ccccc12.C=C[C@H]1CN2CC[C@H]1C[C@H]2[C@H](OC(=O)Cc1ccccc1)c1ccnc2ccccc12.O=C(Cl)Cc1ccccc1. The summed E-state index contributed by atoms with van der Waals surface area (Å²) in [6, 6.07) is 39.8. The zero-order chi connectivity index (χ0) is 43.7. The number of aromatic nitrogens is 2. The minimum absolute atomic E-state index is 0.181. The first-order valence-corrected chi connectivity index (χ1v) is 22.7. The number of nitrogens with zero attached hydrogens (tertiary/aromatic N) is 4. The van der Waals surface area contributed by atoms with Crippen molar-refractivity contribution in [3.8, 4) is 0 Å². The van der Waals surface area contributed by atoms with Gasteiger partial charge in [0, 0.05) is 54.3 Å². The third kappa shape index (κ3) is 10.5. The van der Waals surface area contributed by atoms with Gasteiger partial charge in [0.1, 0.15) is 6.10 Å². The molecule has 4 bridgehead atoms. The molecule has 12 rings (SSSR count). The number of para-hydroxylation sites is 2. The number of benzene rings is 4. The Balaban J connectivity index is 0.000000147. The van der Waals surface area contributed by atoms with Crippen LogP contribution in [-0.4, -0.2) is 74.3 Å². The first kappa shape index (κ1) is 44.1. The molecule has 8 nitrogen and oxygen atoms in total. The molecule has 6 saturated heterocycles. The number of hydrogen-bond acceptors (Lipinski definition) is 8. The molecule has 2 unspecified atom stereocenters. The van der Waals surface area contributed by atoms with Crippen LogP contribution in [0.1, 0.15) is 60.1 Å². The van der Waals surface area contributed by atoms with Gasteiger partial charge in [0.2, 0.25) is 5.24 Å². The van der Waals surface area contributed by atoms with E-state index in [4.69, 9.17) is 16.3 Å². The number of ether oxygens (including phenoxy) is 1. The van der Waals surface area contributed by atoms with Gasteiger partial charge in [-0.25, -0.2) is 0 Å². The van der Waals surface area contributed by atoms with Gasteiger partial charge in [-0.3, -0.25) is 29.4 Å². The van der Waals surface area contributed by atoms with Crippen molar-refractivity contribution in [1.29, 1.82) is 0 Å². The number of esters is 1.